The number of rotatable bonds is 1. The molecule has 1 aliphatic carbocycles. The fourth-order valence-corrected chi connectivity index (χ4v) is 3.63. The summed E-state index contributed by atoms with van der Waals surface area (Å²) >= 11 is 1.31. The summed E-state index contributed by atoms with van der Waals surface area (Å²) in [5.41, 5.74) is 3.73. The number of benzene rings is 2. The summed E-state index contributed by atoms with van der Waals surface area (Å²) in [5.74, 6) is -0.125. The van der Waals surface area contributed by atoms with E-state index in [0.717, 1.165) is 21.3 Å². The molecular formula is C16H10N2O2S. The summed E-state index contributed by atoms with van der Waals surface area (Å²) in [6.45, 7) is 1.47. The van der Waals surface area contributed by atoms with E-state index in [9.17, 15) is 9.59 Å². The third-order valence-corrected chi connectivity index (χ3v) is 4.49. The maximum Gasteiger partial charge on any atom is 0.221 e. The van der Waals surface area contributed by atoms with Crippen molar-refractivity contribution < 1.29 is 9.59 Å². The number of carbonyl (C=O) groups is 2. The Bertz CT molecular complexity index is 927. The average Bonchev–Trinajstić information content (AvgIpc) is 2.91. The molecular weight excluding hydrogens is 284 g/mol. The SMILES string of the molecule is CC(=O)Nc1ccc2c3c(nsc13)-c1ccccc1C2=O. The molecule has 3 aromatic rings. The zero-order valence-electron chi connectivity index (χ0n) is 11.1. The van der Waals surface area contributed by atoms with Gasteiger partial charge < -0.3 is 5.32 Å². The zero-order chi connectivity index (χ0) is 14.6. The number of hydrogen-bond donors (Lipinski definition) is 1. The van der Waals surface area contributed by atoms with E-state index >= 15 is 0 Å². The number of nitrogens with one attached hydrogen (secondary N) is 1. The Kier molecular flexibility index (Phi) is 2.46. The minimum absolute atomic E-state index is 0.0117. The van der Waals surface area contributed by atoms with Gasteiger partial charge in [0.25, 0.3) is 0 Å². The second kappa shape index (κ2) is 4.23. The Morgan fingerprint density at radius 3 is 2.62 bits per heavy atom. The van der Waals surface area contributed by atoms with Gasteiger partial charge in [0, 0.05) is 29.0 Å². The maximum absolute atomic E-state index is 12.6. The van der Waals surface area contributed by atoms with E-state index in [1.165, 1.54) is 18.5 Å². The molecule has 21 heavy (non-hydrogen) atoms. The van der Waals surface area contributed by atoms with Gasteiger partial charge in [-0.25, -0.2) is 0 Å². The minimum Gasteiger partial charge on any atom is -0.325 e. The third kappa shape index (κ3) is 1.64. The molecule has 0 spiro atoms. The molecule has 1 amide bonds. The Morgan fingerprint density at radius 2 is 1.86 bits per heavy atom. The quantitative estimate of drug-likeness (QED) is 0.585. The highest BCUT2D eigenvalue weighted by molar-refractivity contribution is 7.14. The molecule has 0 bridgehead atoms. The van der Waals surface area contributed by atoms with Crippen LogP contribution in [-0.2, 0) is 4.79 Å². The number of carbonyl (C=O) groups excluding carboxylic acids is 2. The van der Waals surface area contributed by atoms with Crippen LogP contribution in [0.25, 0.3) is 21.3 Å². The lowest BCUT2D eigenvalue weighted by molar-refractivity contribution is -0.114. The monoisotopic (exact) mass is 294 g/mol. The second-order valence-corrected chi connectivity index (χ2v) is 5.73. The van der Waals surface area contributed by atoms with Gasteiger partial charge in [-0.15, -0.1) is 0 Å². The fourth-order valence-electron chi connectivity index (χ4n) is 2.74. The van der Waals surface area contributed by atoms with Crippen LogP contribution in [0.2, 0.25) is 0 Å². The molecule has 0 aliphatic heterocycles. The van der Waals surface area contributed by atoms with Crippen molar-refractivity contribution in [2.24, 2.45) is 0 Å². The van der Waals surface area contributed by atoms with Crippen LogP contribution in [0.4, 0.5) is 5.69 Å². The van der Waals surface area contributed by atoms with Crippen molar-refractivity contribution in [1.82, 2.24) is 4.37 Å². The number of nitrogens with zero attached hydrogens (tertiary/aromatic N) is 1. The first kappa shape index (κ1) is 12.2. The molecule has 0 fully saturated rings. The summed E-state index contributed by atoms with van der Waals surface area (Å²) in [4.78, 5) is 23.9. The van der Waals surface area contributed by atoms with E-state index < -0.39 is 0 Å². The molecule has 0 saturated heterocycles. The average molecular weight is 294 g/mol. The van der Waals surface area contributed by atoms with E-state index in [1.807, 2.05) is 24.3 Å². The summed E-state index contributed by atoms with van der Waals surface area (Å²) < 4.78 is 5.36. The molecule has 1 heterocycles. The van der Waals surface area contributed by atoms with Gasteiger partial charge in [0.1, 0.15) is 0 Å². The van der Waals surface area contributed by atoms with Crippen molar-refractivity contribution in [3.05, 3.63) is 47.5 Å². The maximum atomic E-state index is 12.6. The van der Waals surface area contributed by atoms with Gasteiger partial charge in [0.05, 0.1) is 16.1 Å². The van der Waals surface area contributed by atoms with E-state index in [2.05, 4.69) is 9.69 Å². The first-order valence-electron chi connectivity index (χ1n) is 6.51. The largest absolute Gasteiger partial charge is 0.325 e. The van der Waals surface area contributed by atoms with E-state index in [1.54, 1.807) is 12.1 Å². The lowest BCUT2D eigenvalue weighted by Gasteiger charge is -2.15. The first-order valence-corrected chi connectivity index (χ1v) is 7.28. The van der Waals surface area contributed by atoms with Crippen LogP contribution >= 0.6 is 11.5 Å². The van der Waals surface area contributed by atoms with Crippen LogP contribution in [0.1, 0.15) is 22.8 Å². The molecule has 0 saturated carbocycles. The Balaban J connectivity index is 2.08. The van der Waals surface area contributed by atoms with Crippen LogP contribution < -0.4 is 5.32 Å². The fraction of sp³-hybridized carbons (Fsp3) is 0.0625. The van der Waals surface area contributed by atoms with Crippen LogP contribution in [0, 0.1) is 0 Å². The summed E-state index contributed by atoms with van der Waals surface area (Å²) in [6, 6.07) is 11.0. The van der Waals surface area contributed by atoms with Crippen LogP contribution in [0.15, 0.2) is 36.4 Å². The smallest absolute Gasteiger partial charge is 0.221 e. The first-order chi connectivity index (χ1) is 10.2. The lowest BCUT2D eigenvalue weighted by Crippen LogP contribution is -2.10. The van der Waals surface area contributed by atoms with Crippen LogP contribution in [0.3, 0.4) is 0 Å². The number of ketones is 1. The molecule has 1 aliphatic rings. The highest BCUT2D eigenvalue weighted by Crippen LogP contribution is 2.43. The van der Waals surface area contributed by atoms with Crippen molar-refractivity contribution in [2.75, 3.05) is 5.32 Å². The van der Waals surface area contributed by atoms with Crippen LogP contribution in [-0.4, -0.2) is 16.1 Å². The van der Waals surface area contributed by atoms with Crippen molar-refractivity contribution in [3.8, 4) is 11.3 Å². The van der Waals surface area contributed by atoms with E-state index in [4.69, 9.17) is 0 Å². The predicted octanol–water partition coefficient (Wildman–Crippen LogP) is 3.47. The predicted molar refractivity (Wildman–Crippen MR) is 82.8 cm³/mol. The Hall–Kier alpha value is -2.53. The lowest BCUT2D eigenvalue weighted by atomic mass is 9.87. The summed E-state index contributed by atoms with van der Waals surface area (Å²) in [7, 11) is 0. The molecule has 0 atom stereocenters. The Morgan fingerprint density at radius 1 is 1.10 bits per heavy atom. The number of anilines is 1. The highest BCUT2D eigenvalue weighted by atomic mass is 32.1. The van der Waals surface area contributed by atoms with Crippen molar-refractivity contribution in [3.63, 3.8) is 0 Å². The van der Waals surface area contributed by atoms with Gasteiger partial charge in [0.2, 0.25) is 5.91 Å². The summed E-state index contributed by atoms with van der Waals surface area (Å²) in [5, 5.41) is 3.64. The van der Waals surface area contributed by atoms with Gasteiger partial charge in [-0.3, -0.25) is 9.59 Å². The minimum atomic E-state index is -0.136. The second-order valence-electron chi connectivity index (χ2n) is 4.95. The molecule has 1 N–H and O–H groups in total. The topological polar surface area (TPSA) is 59.1 Å². The standard InChI is InChI=1S/C16H10N2O2S/c1-8(19)17-12-7-6-11-13-14(18-21-16(12)13)9-4-2-3-5-10(9)15(11)20/h2-7H,1H3,(H,17,19). The van der Waals surface area contributed by atoms with Gasteiger partial charge in [-0.1, -0.05) is 24.3 Å². The molecule has 4 rings (SSSR count). The van der Waals surface area contributed by atoms with Gasteiger partial charge in [-0.2, -0.15) is 4.37 Å². The van der Waals surface area contributed by atoms with Crippen molar-refractivity contribution in [1.29, 1.82) is 0 Å². The number of aromatic nitrogens is 1. The molecule has 102 valence electrons. The van der Waals surface area contributed by atoms with Crippen molar-refractivity contribution in [2.45, 2.75) is 6.92 Å². The van der Waals surface area contributed by atoms with Gasteiger partial charge in [0.15, 0.2) is 5.78 Å². The molecule has 1 aromatic heterocycles. The normalized spacial score (nSPS) is 12.3. The molecule has 2 aromatic carbocycles. The van der Waals surface area contributed by atoms with E-state index in [-0.39, 0.29) is 11.7 Å². The molecule has 4 nitrogen and oxygen atoms in total. The third-order valence-electron chi connectivity index (χ3n) is 3.60. The van der Waals surface area contributed by atoms with Crippen molar-refractivity contribution >= 4 is 39.0 Å². The number of hydrogen-bond acceptors (Lipinski definition) is 4. The molecule has 0 radical (unpaired) electrons. The van der Waals surface area contributed by atoms with Gasteiger partial charge >= 0.3 is 0 Å². The van der Waals surface area contributed by atoms with E-state index in [0.29, 0.717) is 16.8 Å². The molecule has 5 heteroatoms. The van der Waals surface area contributed by atoms with Gasteiger partial charge in [-0.05, 0) is 23.7 Å². The highest BCUT2D eigenvalue weighted by Gasteiger charge is 2.28. The number of fused-ring (bicyclic) bond motifs is 2. The summed E-state index contributed by atoms with van der Waals surface area (Å²) in [6.07, 6.45) is 0. The molecule has 0 unspecified atom stereocenters. The zero-order valence-corrected chi connectivity index (χ0v) is 12.0. The Labute approximate surface area is 124 Å². The van der Waals surface area contributed by atoms with Crippen LogP contribution in [0.5, 0.6) is 0 Å². The number of amides is 1.